The van der Waals surface area contributed by atoms with Crippen LogP contribution in [0, 0.1) is 11.3 Å². The maximum Gasteiger partial charge on any atom is 0.258 e. The first-order valence-corrected chi connectivity index (χ1v) is 5.61. The van der Waals surface area contributed by atoms with Gasteiger partial charge in [0.05, 0.1) is 11.6 Å². The smallest absolute Gasteiger partial charge is 0.258 e. The lowest BCUT2D eigenvalue weighted by Gasteiger charge is -2.04. The fourth-order valence-corrected chi connectivity index (χ4v) is 1.57. The van der Waals surface area contributed by atoms with Crippen LogP contribution >= 0.6 is 0 Å². The predicted octanol–water partition coefficient (Wildman–Crippen LogP) is 2.13. The number of hydrogen-bond donors (Lipinski definition) is 1. The van der Waals surface area contributed by atoms with Crippen molar-refractivity contribution in [1.82, 2.24) is 5.32 Å². The lowest BCUT2D eigenvalue weighted by molar-refractivity contribution is 0.0849. The SMILES string of the molecule is N#Cc1cccc(C(=O)NC(=O)c2ccccc2)c1. The van der Waals surface area contributed by atoms with Crippen LogP contribution in [0.1, 0.15) is 26.3 Å². The predicted molar refractivity (Wildman–Crippen MR) is 69.4 cm³/mol. The van der Waals surface area contributed by atoms with Gasteiger partial charge in [0.1, 0.15) is 0 Å². The summed E-state index contributed by atoms with van der Waals surface area (Å²) < 4.78 is 0. The Kier molecular flexibility index (Phi) is 3.70. The molecule has 0 unspecified atom stereocenters. The molecule has 0 aliphatic rings. The fourth-order valence-electron chi connectivity index (χ4n) is 1.57. The zero-order chi connectivity index (χ0) is 13.7. The van der Waals surface area contributed by atoms with Crippen LogP contribution in [-0.4, -0.2) is 11.8 Å². The highest BCUT2D eigenvalue weighted by Gasteiger charge is 2.11. The summed E-state index contributed by atoms with van der Waals surface area (Å²) >= 11 is 0. The molecule has 2 amide bonds. The maximum absolute atomic E-state index is 11.9. The van der Waals surface area contributed by atoms with E-state index >= 15 is 0 Å². The number of nitrogens with zero attached hydrogens (tertiary/aromatic N) is 1. The molecule has 0 spiro atoms. The third kappa shape index (κ3) is 3.05. The van der Waals surface area contributed by atoms with Crippen molar-refractivity contribution in [2.24, 2.45) is 0 Å². The van der Waals surface area contributed by atoms with Gasteiger partial charge in [0, 0.05) is 11.1 Å². The Morgan fingerprint density at radius 3 is 2.21 bits per heavy atom. The largest absolute Gasteiger partial charge is 0.288 e. The lowest BCUT2D eigenvalue weighted by Crippen LogP contribution is -2.30. The molecule has 0 saturated heterocycles. The Balaban J connectivity index is 2.13. The van der Waals surface area contributed by atoms with Crippen LogP contribution in [0.3, 0.4) is 0 Å². The monoisotopic (exact) mass is 250 g/mol. The van der Waals surface area contributed by atoms with Crippen LogP contribution < -0.4 is 5.32 Å². The van der Waals surface area contributed by atoms with E-state index in [1.165, 1.54) is 6.07 Å². The average molecular weight is 250 g/mol. The van der Waals surface area contributed by atoms with Gasteiger partial charge in [-0.2, -0.15) is 5.26 Å². The molecule has 92 valence electrons. The van der Waals surface area contributed by atoms with E-state index in [2.05, 4.69) is 5.32 Å². The van der Waals surface area contributed by atoms with E-state index in [0.29, 0.717) is 11.1 Å². The highest BCUT2D eigenvalue weighted by Crippen LogP contribution is 2.05. The number of imide groups is 1. The van der Waals surface area contributed by atoms with E-state index in [1.807, 2.05) is 6.07 Å². The summed E-state index contributed by atoms with van der Waals surface area (Å²) in [5.74, 6) is -0.987. The van der Waals surface area contributed by atoms with Crippen LogP contribution in [0.15, 0.2) is 54.6 Å². The number of nitrogens with one attached hydrogen (secondary N) is 1. The molecule has 0 heterocycles. The zero-order valence-corrected chi connectivity index (χ0v) is 9.96. The third-order valence-corrected chi connectivity index (χ3v) is 2.52. The Labute approximate surface area is 110 Å². The normalized spacial score (nSPS) is 9.42. The Morgan fingerprint density at radius 2 is 1.53 bits per heavy atom. The van der Waals surface area contributed by atoms with Gasteiger partial charge in [-0.3, -0.25) is 14.9 Å². The summed E-state index contributed by atoms with van der Waals surface area (Å²) in [5, 5.41) is 11.0. The molecule has 0 aromatic heterocycles. The summed E-state index contributed by atoms with van der Waals surface area (Å²) in [5.41, 5.74) is 1.07. The molecule has 4 nitrogen and oxygen atoms in total. The second kappa shape index (κ2) is 5.61. The molecule has 0 aliphatic carbocycles. The number of carbonyl (C=O) groups excluding carboxylic acids is 2. The van der Waals surface area contributed by atoms with Gasteiger partial charge in [0.15, 0.2) is 0 Å². The molecular weight excluding hydrogens is 240 g/mol. The van der Waals surface area contributed by atoms with Crippen molar-refractivity contribution >= 4 is 11.8 Å². The van der Waals surface area contributed by atoms with Crippen molar-refractivity contribution in [3.63, 3.8) is 0 Å². The fraction of sp³-hybridized carbons (Fsp3) is 0. The van der Waals surface area contributed by atoms with E-state index < -0.39 is 11.8 Å². The minimum atomic E-state index is -0.522. The van der Waals surface area contributed by atoms with Crippen molar-refractivity contribution in [3.8, 4) is 6.07 Å². The first-order chi connectivity index (χ1) is 9.20. The Bertz CT molecular complexity index is 657. The molecule has 0 aliphatic heterocycles. The molecule has 0 saturated carbocycles. The standard InChI is InChI=1S/C15H10N2O2/c16-10-11-5-4-8-13(9-11)15(19)17-14(18)12-6-2-1-3-7-12/h1-9H,(H,17,18,19). The summed E-state index contributed by atoms with van der Waals surface area (Å²) in [4.78, 5) is 23.6. The topological polar surface area (TPSA) is 70.0 Å². The number of benzene rings is 2. The number of rotatable bonds is 2. The van der Waals surface area contributed by atoms with Gasteiger partial charge in [0.25, 0.3) is 11.8 Å². The van der Waals surface area contributed by atoms with Gasteiger partial charge in [-0.25, -0.2) is 0 Å². The molecule has 0 fully saturated rings. The van der Waals surface area contributed by atoms with Gasteiger partial charge < -0.3 is 0 Å². The molecular formula is C15H10N2O2. The van der Waals surface area contributed by atoms with Gasteiger partial charge in [-0.05, 0) is 30.3 Å². The number of amides is 2. The third-order valence-electron chi connectivity index (χ3n) is 2.52. The van der Waals surface area contributed by atoms with E-state index in [9.17, 15) is 9.59 Å². The molecule has 4 heteroatoms. The average Bonchev–Trinajstić information content (AvgIpc) is 2.48. The first kappa shape index (κ1) is 12.5. The number of nitriles is 1. The second-order valence-electron chi connectivity index (χ2n) is 3.84. The zero-order valence-electron chi connectivity index (χ0n) is 9.96. The van der Waals surface area contributed by atoms with E-state index in [4.69, 9.17) is 5.26 Å². The van der Waals surface area contributed by atoms with Crippen molar-refractivity contribution in [2.45, 2.75) is 0 Å². The van der Waals surface area contributed by atoms with Crippen LogP contribution in [0.2, 0.25) is 0 Å². The molecule has 0 bridgehead atoms. The Hall–Kier alpha value is -2.93. The second-order valence-corrected chi connectivity index (χ2v) is 3.84. The number of hydrogen-bond acceptors (Lipinski definition) is 3. The van der Waals surface area contributed by atoms with Gasteiger partial charge in [-0.1, -0.05) is 24.3 Å². The summed E-state index contributed by atoms with van der Waals surface area (Å²) in [6.07, 6.45) is 0. The minimum Gasteiger partial charge on any atom is -0.288 e. The molecule has 1 N–H and O–H groups in total. The van der Waals surface area contributed by atoms with Crippen molar-refractivity contribution < 1.29 is 9.59 Å². The molecule has 2 aromatic rings. The van der Waals surface area contributed by atoms with Crippen LogP contribution in [0.5, 0.6) is 0 Å². The van der Waals surface area contributed by atoms with Crippen molar-refractivity contribution in [1.29, 1.82) is 5.26 Å². The summed E-state index contributed by atoms with van der Waals surface area (Å²) in [7, 11) is 0. The molecule has 2 aromatic carbocycles. The number of carbonyl (C=O) groups is 2. The summed E-state index contributed by atoms with van der Waals surface area (Å²) in [6.45, 7) is 0. The molecule has 2 rings (SSSR count). The van der Waals surface area contributed by atoms with Crippen LogP contribution in [0.4, 0.5) is 0 Å². The molecule has 19 heavy (non-hydrogen) atoms. The van der Waals surface area contributed by atoms with Crippen LogP contribution in [-0.2, 0) is 0 Å². The van der Waals surface area contributed by atoms with Crippen molar-refractivity contribution in [2.75, 3.05) is 0 Å². The van der Waals surface area contributed by atoms with Gasteiger partial charge in [0.2, 0.25) is 0 Å². The van der Waals surface area contributed by atoms with E-state index in [-0.39, 0.29) is 5.56 Å². The summed E-state index contributed by atoms with van der Waals surface area (Å²) in [6, 6.07) is 16.6. The quantitative estimate of drug-likeness (QED) is 0.830. The maximum atomic E-state index is 11.9. The molecule has 0 radical (unpaired) electrons. The van der Waals surface area contributed by atoms with E-state index in [0.717, 1.165) is 0 Å². The highest BCUT2D eigenvalue weighted by atomic mass is 16.2. The van der Waals surface area contributed by atoms with Gasteiger partial charge in [-0.15, -0.1) is 0 Å². The highest BCUT2D eigenvalue weighted by molar-refractivity contribution is 6.10. The lowest BCUT2D eigenvalue weighted by atomic mass is 10.1. The molecule has 0 atom stereocenters. The van der Waals surface area contributed by atoms with Gasteiger partial charge >= 0.3 is 0 Å². The van der Waals surface area contributed by atoms with E-state index in [1.54, 1.807) is 48.5 Å². The first-order valence-electron chi connectivity index (χ1n) is 5.61. The van der Waals surface area contributed by atoms with Crippen molar-refractivity contribution in [3.05, 3.63) is 71.3 Å². The Morgan fingerprint density at radius 1 is 0.895 bits per heavy atom. The van der Waals surface area contributed by atoms with Crippen LogP contribution in [0.25, 0.3) is 0 Å². The minimum absolute atomic E-state index is 0.281.